The zero-order chi connectivity index (χ0) is 15.1. The molecule has 1 atom stereocenters. The van der Waals surface area contributed by atoms with Crippen molar-refractivity contribution in [2.75, 3.05) is 26.0 Å². The van der Waals surface area contributed by atoms with Gasteiger partial charge in [0.1, 0.15) is 5.82 Å². The number of nitrogens with one attached hydrogen (secondary N) is 1. The number of carbonyl (C=O) groups excluding carboxylic acids is 1. The summed E-state index contributed by atoms with van der Waals surface area (Å²) in [5.41, 5.74) is 0.307. The van der Waals surface area contributed by atoms with E-state index in [-0.39, 0.29) is 11.8 Å². The first kappa shape index (κ1) is 16.4. The van der Waals surface area contributed by atoms with Gasteiger partial charge in [0.15, 0.2) is 5.69 Å². The molecule has 0 aliphatic carbocycles. The van der Waals surface area contributed by atoms with E-state index in [2.05, 4.69) is 29.4 Å². The lowest BCUT2D eigenvalue weighted by Crippen LogP contribution is -2.28. The highest BCUT2D eigenvalue weighted by atomic mass is 16.3. The number of rotatable bonds is 7. The van der Waals surface area contributed by atoms with Crippen molar-refractivity contribution in [3.05, 3.63) is 17.8 Å². The molecule has 0 fully saturated rings. The average Bonchev–Trinajstić information content (AvgIpc) is 2.46. The maximum absolute atomic E-state index is 11.7. The van der Waals surface area contributed by atoms with Crippen LogP contribution in [-0.2, 0) is 0 Å². The van der Waals surface area contributed by atoms with Crippen molar-refractivity contribution in [3.8, 4) is 0 Å². The summed E-state index contributed by atoms with van der Waals surface area (Å²) in [6, 6.07) is 3.32. The molecule has 6 nitrogen and oxygen atoms in total. The summed E-state index contributed by atoms with van der Waals surface area (Å²) in [6.45, 7) is 4.57. The first-order valence-electron chi connectivity index (χ1n) is 6.96. The Bertz CT molecular complexity index is 416. The Hall–Kier alpha value is -1.69. The summed E-state index contributed by atoms with van der Waals surface area (Å²) in [4.78, 5) is 13.1. The van der Waals surface area contributed by atoms with Crippen molar-refractivity contribution in [1.29, 1.82) is 0 Å². The first-order chi connectivity index (χ1) is 9.49. The van der Waals surface area contributed by atoms with Crippen LogP contribution in [-0.4, -0.2) is 52.9 Å². The number of amides is 1. The van der Waals surface area contributed by atoms with Gasteiger partial charge >= 0.3 is 0 Å². The normalized spacial score (nSPS) is 12.3. The van der Waals surface area contributed by atoms with E-state index in [0.29, 0.717) is 18.1 Å². The van der Waals surface area contributed by atoms with Crippen molar-refractivity contribution < 1.29 is 9.90 Å². The number of nitrogens with zero attached hydrogens (tertiary/aromatic N) is 3. The Kier molecular flexibility index (Phi) is 6.38. The van der Waals surface area contributed by atoms with Gasteiger partial charge in [-0.25, -0.2) is 0 Å². The van der Waals surface area contributed by atoms with Crippen LogP contribution in [0, 0.1) is 5.92 Å². The molecule has 1 amide bonds. The molecular weight excluding hydrogens is 256 g/mol. The fourth-order valence-corrected chi connectivity index (χ4v) is 1.98. The van der Waals surface area contributed by atoms with Gasteiger partial charge in [-0.3, -0.25) is 4.79 Å². The third-order valence-electron chi connectivity index (χ3n) is 3.38. The van der Waals surface area contributed by atoms with E-state index < -0.39 is 6.10 Å². The smallest absolute Gasteiger partial charge is 0.273 e. The molecule has 1 heterocycles. The van der Waals surface area contributed by atoms with E-state index in [1.54, 1.807) is 26.2 Å². The second kappa shape index (κ2) is 7.79. The third-order valence-corrected chi connectivity index (χ3v) is 3.38. The van der Waals surface area contributed by atoms with Crippen molar-refractivity contribution in [2.24, 2.45) is 5.92 Å². The Labute approximate surface area is 120 Å². The number of aromatic nitrogens is 2. The van der Waals surface area contributed by atoms with Crippen LogP contribution in [0.25, 0.3) is 0 Å². The second-order valence-corrected chi connectivity index (χ2v) is 5.03. The largest absolute Gasteiger partial charge is 0.391 e. The summed E-state index contributed by atoms with van der Waals surface area (Å²) in [5.74, 6) is 0.663. The van der Waals surface area contributed by atoms with Crippen LogP contribution in [0.2, 0.25) is 0 Å². The molecule has 20 heavy (non-hydrogen) atoms. The second-order valence-electron chi connectivity index (χ2n) is 5.03. The van der Waals surface area contributed by atoms with E-state index >= 15 is 0 Å². The fraction of sp³-hybridized carbons (Fsp3) is 0.643. The van der Waals surface area contributed by atoms with Crippen molar-refractivity contribution in [1.82, 2.24) is 15.1 Å². The standard InChI is InChI=1S/C14H24N4O2/c1-5-10(6-2)12(19)9-15-13-8-7-11(16-17-13)14(20)18(3)4/h7-8,10,12,19H,5-6,9H2,1-4H3,(H,15,17). The molecule has 0 aliphatic rings. The molecule has 112 valence electrons. The lowest BCUT2D eigenvalue weighted by atomic mass is 9.97. The van der Waals surface area contributed by atoms with Crippen LogP contribution in [0.5, 0.6) is 0 Å². The molecular formula is C14H24N4O2. The summed E-state index contributed by atoms with van der Waals surface area (Å²) in [5, 5.41) is 20.9. The number of aliphatic hydroxyl groups excluding tert-OH is 1. The van der Waals surface area contributed by atoms with E-state index in [9.17, 15) is 9.90 Å². The van der Waals surface area contributed by atoms with E-state index in [4.69, 9.17) is 0 Å². The lowest BCUT2D eigenvalue weighted by molar-refractivity contribution is 0.0820. The minimum absolute atomic E-state index is 0.180. The zero-order valence-electron chi connectivity index (χ0n) is 12.6. The Morgan fingerprint density at radius 1 is 1.30 bits per heavy atom. The summed E-state index contributed by atoms with van der Waals surface area (Å²) in [6.07, 6.45) is 1.48. The quantitative estimate of drug-likeness (QED) is 0.789. The highest BCUT2D eigenvalue weighted by Crippen LogP contribution is 2.13. The Morgan fingerprint density at radius 3 is 2.40 bits per heavy atom. The zero-order valence-corrected chi connectivity index (χ0v) is 12.6. The van der Waals surface area contributed by atoms with Crippen LogP contribution < -0.4 is 5.32 Å². The minimum Gasteiger partial charge on any atom is -0.391 e. The molecule has 0 radical (unpaired) electrons. The predicted octanol–water partition coefficient (Wildman–Crippen LogP) is 1.39. The van der Waals surface area contributed by atoms with Crippen molar-refractivity contribution in [2.45, 2.75) is 32.8 Å². The Balaban J connectivity index is 2.56. The number of carbonyl (C=O) groups is 1. The van der Waals surface area contributed by atoms with Crippen LogP contribution in [0.15, 0.2) is 12.1 Å². The SMILES string of the molecule is CCC(CC)C(O)CNc1ccc(C(=O)N(C)C)nn1. The van der Waals surface area contributed by atoms with Gasteiger partial charge in [-0.05, 0) is 18.1 Å². The molecule has 0 aromatic carbocycles. The van der Waals surface area contributed by atoms with Gasteiger partial charge in [-0.15, -0.1) is 10.2 Å². The Morgan fingerprint density at radius 2 is 1.95 bits per heavy atom. The molecule has 0 spiro atoms. The van der Waals surface area contributed by atoms with Gasteiger partial charge in [-0.2, -0.15) is 0 Å². The van der Waals surface area contributed by atoms with E-state index in [0.717, 1.165) is 12.8 Å². The molecule has 0 saturated heterocycles. The number of hydrogen-bond acceptors (Lipinski definition) is 5. The van der Waals surface area contributed by atoms with Crippen molar-refractivity contribution >= 4 is 11.7 Å². The maximum Gasteiger partial charge on any atom is 0.273 e. The summed E-state index contributed by atoms with van der Waals surface area (Å²) >= 11 is 0. The van der Waals surface area contributed by atoms with Gasteiger partial charge in [0.25, 0.3) is 5.91 Å². The monoisotopic (exact) mass is 280 g/mol. The molecule has 0 bridgehead atoms. The van der Waals surface area contributed by atoms with Crippen LogP contribution in [0.4, 0.5) is 5.82 Å². The van der Waals surface area contributed by atoms with Gasteiger partial charge in [0.05, 0.1) is 6.10 Å². The molecule has 1 rings (SSSR count). The summed E-state index contributed by atoms with van der Waals surface area (Å²) in [7, 11) is 3.34. The topological polar surface area (TPSA) is 78.4 Å². The van der Waals surface area contributed by atoms with Crippen LogP contribution >= 0.6 is 0 Å². The van der Waals surface area contributed by atoms with Gasteiger partial charge in [-0.1, -0.05) is 26.7 Å². The van der Waals surface area contributed by atoms with Gasteiger partial charge < -0.3 is 15.3 Å². The maximum atomic E-state index is 11.7. The lowest BCUT2D eigenvalue weighted by Gasteiger charge is -2.20. The molecule has 0 saturated carbocycles. The third kappa shape index (κ3) is 4.45. The molecule has 1 aromatic rings. The minimum atomic E-state index is -0.408. The van der Waals surface area contributed by atoms with Gasteiger partial charge in [0.2, 0.25) is 0 Å². The van der Waals surface area contributed by atoms with Crippen LogP contribution in [0.3, 0.4) is 0 Å². The molecule has 2 N–H and O–H groups in total. The van der Waals surface area contributed by atoms with E-state index in [1.807, 2.05) is 0 Å². The molecule has 0 aliphatic heterocycles. The molecule has 1 aromatic heterocycles. The fourth-order valence-electron chi connectivity index (χ4n) is 1.98. The summed E-state index contributed by atoms with van der Waals surface area (Å²) < 4.78 is 0. The molecule has 1 unspecified atom stereocenters. The van der Waals surface area contributed by atoms with Crippen molar-refractivity contribution in [3.63, 3.8) is 0 Å². The highest BCUT2D eigenvalue weighted by molar-refractivity contribution is 5.91. The number of aliphatic hydroxyl groups is 1. The number of anilines is 1. The average molecular weight is 280 g/mol. The predicted molar refractivity (Wildman–Crippen MR) is 78.6 cm³/mol. The highest BCUT2D eigenvalue weighted by Gasteiger charge is 2.15. The molecule has 6 heteroatoms. The van der Waals surface area contributed by atoms with E-state index in [1.165, 1.54) is 4.90 Å². The van der Waals surface area contributed by atoms with Crippen LogP contribution in [0.1, 0.15) is 37.2 Å². The number of hydrogen-bond donors (Lipinski definition) is 2. The van der Waals surface area contributed by atoms with Gasteiger partial charge in [0, 0.05) is 20.6 Å². The first-order valence-corrected chi connectivity index (χ1v) is 6.96.